The molecule has 0 saturated heterocycles. The molecule has 0 radical (unpaired) electrons. The van der Waals surface area contributed by atoms with E-state index in [-0.39, 0.29) is 22.5 Å². The molecule has 21 heavy (non-hydrogen) atoms. The van der Waals surface area contributed by atoms with Crippen molar-refractivity contribution in [2.45, 2.75) is 12.7 Å². The van der Waals surface area contributed by atoms with Crippen LogP contribution in [0, 0.1) is 5.82 Å². The molecule has 112 valence electrons. The van der Waals surface area contributed by atoms with E-state index in [4.69, 9.17) is 10.5 Å². The summed E-state index contributed by atoms with van der Waals surface area (Å²) in [6, 6.07) is 7.04. The molecule has 0 aliphatic heterocycles. The lowest BCUT2D eigenvalue weighted by Gasteiger charge is -2.12. The Morgan fingerprint density at radius 1 is 1.05 bits per heavy atom. The van der Waals surface area contributed by atoms with Crippen molar-refractivity contribution in [1.82, 2.24) is 0 Å². The van der Waals surface area contributed by atoms with Crippen molar-refractivity contribution in [3.8, 4) is 11.5 Å². The van der Waals surface area contributed by atoms with Crippen molar-refractivity contribution in [2.75, 3.05) is 0 Å². The lowest BCUT2D eigenvalue weighted by atomic mass is 10.2. The fourth-order valence-corrected chi connectivity index (χ4v) is 2.09. The summed E-state index contributed by atoms with van der Waals surface area (Å²) in [5.41, 5.74) is 5.15. The van der Waals surface area contributed by atoms with Crippen molar-refractivity contribution in [2.24, 2.45) is 5.73 Å². The van der Waals surface area contributed by atoms with E-state index in [0.717, 1.165) is 18.2 Å². The van der Waals surface area contributed by atoms with Crippen LogP contribution >= 0.6 is 15.9 Å². The molecule has 2 N–H and O–H groups in total. The molecule has 0 bridgehead atoms. The van der Waals surface area contributed by atoms with E-state index in [9.17, 15) is 17.6 Å². The highest BCUT2D eigenvalue weighted by Gasteiger charge is 2.31. The van der Waals surface area contributed by atoms with Crippen LogP contribution in [0.1, 0.15) is 11.1 Å². The summed E-state index contributed by atoms with van der Waals surface area (Å²) in [6.45, 7) is 0.182. The Labute approximate surface area is 126 Å². The second kappa shape index (κ2) is 6.03. The van der Waals surface area contributed by atoms with Crippen molar-refractivity contribution in [3.63, 3.8) is 0 Å². The first-order chi connectivity index (χ1) is 9.81. The Morgan fingerprint density at radius 3 is 2.24 bits per heavy atom. The molecule has 2 nitrogen and oxygen atoms in total. The molecule has 0 aromatic heterocycles. The van der Waals surface area contributed by atoms with Gasteiger partial charge in [0.25, 0.3) is 0 Å². The Hall–Kier alpha value is -1.60. The maximum atomic E-state index is 13.7. The first-order valence-electron chi connectivity index (χ1n) is 5.84. The number of rotatable bonds is 3. The Balaban J connectivity index is 2.28. The SMILES string of the molecule is NCc1ccc(Oc2ccc(C(F)(F)F)cc2Br)c(F)c1. The van der Waals surface area contributed by atoms with Gasteiger partial charge in [0.05, 0.1) is 10.0 Å². The van der Waals surface area contributed by atoms with Gasteiger partial charge in [-0.3, -0.25) is 0 Å². The van der Waals surface area contributed by atoms with Crippen LogP contribution < -0.4 is 10.5 Å². The second-order valence-corrected chi connectivity index (χ2v) is 5.07. The van der Waals surface area contributed by atoms with E-state index in [1.165, 1.54) is 12.1 Å². The Morgan fingerprint density at radius 2 is 1.71 bits per heavy atom. The standard InChI is InChI=1S/C14H10BrF4NO/c15-10-6-9(14(17,18)19)2-4-12(10)21-13-3-1-8(7-20)5-11(13)16/h1-6H,7,20H2. The smallest absolute Gasteiger partial charge is 0.416 e. The highest BCUT2D eigenvalue weighted by atomic mass is 79.9. The van der Waals surface area contributed by atoms with Gasteiger partial charge in [0.1, 0.15) is 5.75 Å². The largest absolute Gasteiger partial charge is 0.453 e. The van der Waals surface area contributed by atoms with Crippen LogP contribution in [0.2, 0.25) is 0 Å². The molecule has 7 heteroatoms. The van der Waals surface area contributed by atoms with Gasteiger partial charge in [0, 0.05) is 6.54 Å². The summed E-state index contributed by atoms with van der Waals surface area (Å²) < 4.78 is 56.7. The summed E-state index contributed by atoms with van der Waals surface area (Å²) in [4.78, 5) is 0. The maximum Gasteiger partial charge on any atom is 0.416 e. The fourth-order valence-electron chi connectivity index (χ4n) is 1.63. The summed E-state index contributed by atoms with van der Waals surface area (Å²) in [5.74, 6) is -0.639. The van der Waals surface area contributed by atoms with Crippen LogP contribution in [-0.4, -0.2) is 0 Å². The number of ether oxygens (including phenoxy) is 1. The summed E-state index contributed by atoms with van der Waals surface area (Å²) in [6.07, 6.45) is -4.45. The Kier molecular flexibility index (Phi) is 4.53. The molecule has 0 amide bonds. The average Bonchev–Trinajstić information content (AvgIpc) is 2.41. The van der Waals surface area contributed by atoms with Crippen molar-refractivity contribution < 1.29 is 22.3 Å². The lowest BCUT2D eigenvalue weighted by molar-refractivity contribution is -0.137. The molecule has 0 fully saturated rings. The number of halogens is 5. The second-order valence-electron chi connectivity index (χ2n) is 4.21. The molecule has 2 aromatic rings. The fraction of sp³-hybridized carbons (Fsp3) is 0.143. The van der Waals surface area contributed by atoms with Gasteiger partial charge in [-0.15, -0.1) is 0 Å². The van der Waals surface area contributed by atoms with Gasteiger partial charge >= 0.3 is 6.18 Å². The molecule has 2 aromatic carbocycles. The normalized spacial score (nSPS) is 11.5. The van der Waals surface area contributed by atoms with Gasteiger partial charge in [-0.05, 0) is 51.8 Å². The first-order valence-corrected chi connectivity index (χ1v) is 6.63. The number of alkyl halides is 3. The average molecular weight is 364 g/mol. The van der Waals surface area contributed by atoms with Gasteiger partial charge in [0.2, 0.25) is 0 Å². The van der Waals surface area contributed by atoms with E-state index in [1.54, 1.807) is 6.07 Å². The highest BCUT2D eigenvalue weighted by molar-refractivity contribution is 9.10. The van der Waals surface area contributed by atoms with Crippen LogP contribution in [0.25, 0.3) is 0 Å². The molecule has 0 aliphatic carbocycles. The quantitative estimate of drug-likeness (QED) is 0.790. The topological polar surface area (TPSA) is 35.2 Å². The minimum absolute atomic E-state index is 0.0830. The predicted molar refractivity (Wildman–Crippen MR) is 73.5 cm³/mol. The number of benzene rings is 2. The molecule has 0 aliphatic rings. The molecular weight excluding hydrogens is 354 g/mol. The van der Waals surface area contributed by atoms with E-state index in [2.05, 4.69) is 15.9 Å². The first kappa shape index (κ1) is 15.8. The van der Waals surface area contributed by atoms with Crippen LogP contribution in [0.3, 0.4) is 0 Å². The molecule has 0 spiro atoms. The zero-order chi connectivity index (χ0) is 15.6. The molecule has 0 unspecified atom stereocenters. The van der Waals surface area contributed by atoms with Gasteiger partial charge < -0.3 is 10.5 Å². The molecule has 2 rings (SSSR count). The highest BCUT2D eigenvalue weighted by Crippen LogP contribution is 2.37. The third-order valence-corrected chi connectivity index (χ3v) is 3.33. The van der Waals surface area contributed by atoms with Gasteiger partial charge in [-0.1, -0.05) is 6.07 Å². The zero-order valence-electron chi connectivity index (χ0n) is 10.5. The lowest BCUT2D eigenvalue weighted by Crippen LogP contribution is -2.04. The number of hydrogen-bond acceptors (Lipinski definition) is 2. The molecule has 0 saturated carbocycles. The van der Waals surface area contributed by atoms with Crippen LogP contribution in [0.15, 0.2) is 40.9 Å². The van der Waals surface area contributed by atoms with Gasteiger partial charge in [0.15, 0.2) is 11.6 Å². The van der Waals surface area contributed by atoms with E-state index >= 15 is 0 Å². The van der Waals surface area contributed by atoms with Gasteiger partial charge in [-0.25, -0.2) is 4.39 Å². The van der Waals surface area contributed by atoms with Gasteiger partial charge in [-0.2, -0.15) is 13.2 Å². The number of nitrogens with two attached hydrogens (primary N) is 1. The summed E-state index contributed by atoms with van der Waals surface area (Å²) in [5, 5.41) is 0. The third-order valence-electron chi connectivity index (χ3n) is 2.71. The van der Waals surface area contributed by atoms with Crippen molar-refractivity contribution in [3.05, 3.63) is 57.8 Å². The van der Waals surface area contributed by atoms with Crippen LogP contribution in [0.5, 0.6) is 11.5 Å². The van der Waals surface area contributed by atoms with Crippen LogP contribution in [0.4, 0.5) is 17.6 Å². The Bertz CT molecular complexity index is 658. The summed E-state index contributed by atoms with van der Waals surface area (Å²) >= 11 is 2.98. The minimum atomic E-state index is -4.45. The monoisotopic (exact) mass is 363 g/mol. The van der Waals surface area contributed by atoms with Crippen molar-refractivity contribution in [1.29, 1.82) is 0 Å². The summed E-state index contributed by atoms with van der Waals surface area (Å²) in [7, 11) is 0. The van der Waals surface area contributed by atoms with E-state index in [0.29, 0.717) is 5.56 Å². The maximum absolute atomic E-state index is 13.7. The predicted octanol–water partition coefficient (Wildman–Crippen LogP) is 4.86. The molecular formula is C14H10BrF4NO. The third kappa shape index (κ3) is 3.74. The zero-order valence-corrected chi connectivity index (χ0v) is 12.1. The molecule has 0 atom stereocenters. The minimum Gasteiger partial charge on any atom is -0.453 e. The van der Waals surface area contributed by atoms with Crippen molar-refractivity contribution >= 4 is 15.9 Å². The van der Waals surface area contributed by atoms with E-state index in [1.807, 2.05) is 0 Å². The van der Waals surface area contributed by atoms with Crippen LogP contribution in [-0.2, 0) is 12.7 Å². The molecule has 0 heterocycles. The van der Waals surface area contributed by atoms with E-state index < -0.39 is 17.6 Å². The number of hydrogen-bond donors (Lipinski definition) is 1.